The molecule has 138 valence electrons. The van der Waals surface area contributed by atoms with Gasteiger partial charge in [-0.25, -0.2) is 4.98 Å². The summed E-state index contributed by atoms with van der Waals surface area (Å²) in [6.07, 6.45) is 3.92. The lowest BCUT2D eigenvalue weighted by molar-refractivity contribution is -0.156. The fourth-order valence-corrected chi connectivity index (χ4v) is 3.51. The highest BCUT2D eigenvalue weighted by Gasteiger charge is 2.36. The Bertz CT molecular complexity index is 996. The van der Waals surface area contributed by atoms with Crippen molar-refractivity contribution in [3.05, 3.63) is 71.7 Å². The van der Waals surface area contributed by atoms with Crippen molar-refractivity contribution in [2.75, 3.05) is 6.54 Å². The number of fused-ring (bicyclic) bond motifs is 1. The third-order valence-electron chi connectivity index (χ3n) is 4.98. The molecule has 2 amide bonds. The predicted octanol–water partition coefficient (Wildman–Crippen LogP) is 2.40. The summed E-state index contributed by atoms with van der Waals surface area (Å²) in [4.78, 5) is 33.3. The number of aryl methyl sites for hydroxylation is 1. The monoisotopic (exact) mass is 362 g/mol. The number of pyridine rings is 1. The molecule has 0 N–H and O–H groups in total. The van der Waals surface area contributed by atoms with E-state index in [4.69, 9.17) is 0 Å². The fraction of sp³-hybridized carbons (Fsp3) is 0.286. The van der Waals surface area contributed by atoms with Crippen LogP contribution in [0.15, 0.2) is 54.9 Å². The second-order valence-electron chi connectivity index (χ2n) is 7.08. The van der Waals surface area contributed by atoms with E-state index in [2.05, 4.69) is 4.98 Å². The number of aromatic nitrogens is 2. The summed E-state index contributed by atoms with van der Waals surface area (Å²) in [6, 6.07) is 13.2. The maximum absolute atomic E-state index is 12.8. The van der Waals surface area contributed by atoms with E-state index in [1.165, 1.54) is 0 Å². The molecule has 0 unspecified atom stereocenters. The predicted molar refractivity (Wildman–Crippen MR) is 102 cm³/mol. The van der Waals surface area contributed by atoms with Crippen LogP contribution in [0.1, 0.15) is 23.7 Å². The molecule has 0 bridgehead atoms. The zero-order valence-electron chi connectivity index (χ0n) is 15.5. The van der Waals surface area contributed by atoms with E-state index in [1.807, 2.05) is 66.2 Å². The number of benzene rings is 1. The first kappa shape index (κ1) is 17.3. The summed E-state index contributed by atoms with van der Waals surface area (Å²) >= 11 is 0. The van der Waals surface area contributed by atoms with Gasteiger partial charge in [-0.05, 0) is 31.0 Å². The zero-order valence-corrected chi connectivity index (χ0v) is 15.5. The molecule has 0 radical (unpaired) electrons. The molecule has 1 atom stereocenters. The smallest absolute Gasteiger partial charge is 0.245 e. The first-order chi connectivity index (χ1) is 13.0. The SMILES string of the molecule is Cc1ccc2nc(CN3C(=O)CN(Cc4ccccc4)C(=O)[C@H]3C)cn2c1. The average molecular weight is 362 g/mol. The van der Waals surface area contributed by atoms with Crippen LogP contribution in [-0.2, 0) is 22.7 Å². The highest BCUT2D eigenvalue weighted by atomic mass is 16.2. The minimum atomic E-state index is -0.499. The third-order valence-corrected chi connectivity index (χ3v) is 4.98. The van der Waals surface area contributed by atoms with Crippen molar-refractivity contribution in [1.82, 2.24) is 19.2 Å². The number of hydrogen-bond donors (Lipinski definition) is 0. The molecule has 1 aliphatic heterocycles. The maximum atomic E-state index is 12.8. The van der Waals surface area contributed by atoms with Gasteiger partial charge in [0.25, 0.3) is 0 Å². The number of imidazole rings is 1. The topological polar surface area (TPSA) is 57.9 Å². The van der Waals surface area contributed by atoms with Crippen molar-refractivity contribution in [2.24, 2.45) is 0 Å². The molecule has 1 fully saturated rings. The number of carbonyl (C=O) groups is 2. The van der Waals surface area contributed by atoms with Crippen molar-refractivity contribution in [3.63, 3.8) is 0 Å². The van der Waals surface area contributed by atoms with Crippen LogP contribution in [-0.4, -0.2) is 43.6 Å². The molecule has 27 heavy (non-hydrogen) atoms. The van der Waals surface area contributed by atoms with E-state index in [9.17, 15) is 9.59 Å². The molecular weight excluding hydrogens is 340 g/mol. The van der Waals surface area contributed by atoms with E-state index >= 15 is 0 Å². The molecule has 3 aromatic rings. The number of rotatable bonds is 4. The standard InChI is InChI=1S/C21H22N4O2/c1-15-8-9-19-22-18(12-23(19)10-15)13-25-16(2)21(27)24(14-20(25)26)11-17-6-4-3-5-7-17/h3-10,12,16H,11,13-14H2,1-2H3/t16-/m1/s1. The van der Waals surface area contributed by atoms with E-state index < -0.39 is 6.04 Å². The van der Waals surface area contributed by atoms with Gasteiger partial charge in [0.2, 0.25) is 11.8 Å². The number of amides is 2. The van der Waals surface area contributed by atoms with Crippen LogP contribution in [0.25, 0.3) is 5.65 Å². The molecule has 1 saturated heterocycles. The Morgan fingerprint density at radius 1 is 1.04 bits per heavy atom. The second kappa shape index (κ2) is 6.87. The highest BCUT2D eigenvalue weighted by molar-refractivity contribution is 5.94. The summed E-state index contributed by atoms with van der Waals surface area (Å²) in [6.45, 7) is 4.71. The molecule has 6 nitrogen and oxygen atoms in total. The molecule has 1 aromatic carbocycles. The quantitative estimate of drug-likeness (QED) is 0.716. The van der Waals surface area contributed by atoms with E-state index in [0.29, 0.717) is 13.1 Å². The van der Waals surface area contributed by atoms with E-state index in [-0.39, 0.29) is 18.4 Å². The van der Waals surface area contributed by atoms with Crippen LogP contribution in [0, 0.1) is 6.92 Å². The van der Waals surface area contributed by atoms with Gasteiger partial charge in [0.15, 0.2) is 0 Å². The average Bonchev–Trinajstić information content (AvgIpc) is 3.05. The molecule has 0 aliphatic carbocycles. The van der Waals surface area contributed by atoms with Crippen LogP contribution in [0.3, 0.4) is 0 Å². The van der Waals surface area contributed by atoms with Crippen LogP contribution < -0.4 is 0 Å². The summed E-state index contributed by atoms with van der Waals surface area (Å²) in [7, 11) is 0. The Kier molecular flexibility index (Phi) is 4.39. The maximum Gasteiger partial charge on any atom is 0.245 e. The summed E-state index contributed by atoms with van der Waals surface area (Å²) in [5, 5.41) is 0. The molecule has 0 spiro atoms. The lowest BCUT2D eigenvalue weighted by Gasteiger charge is -2.38. The number of piperazine rings is 1. The van der Waals surface area contributed by atoms with Crippen LogP contribution in [0.4, 0.5) is 0 Å². The van der Waals surface area contributed by atoms with Crippen molar-refractivity contribution >= 4 is 17.5 Å². The van der Waals surface area contributed by atoms with Gasteiger partial charge in [0.1, 0.15) is 18.2 Å². The van der Waals surface area contributed by atoms with Crippen molar-refractivity contribution in [1.29, 1.82) is 0 Å². The molecule has 6 heteroatoms. The van der Waals surface area contributed by atoms with Crippen molar-refractivity contribution in [2.45, 2.75) is 33.0 Å². The molecule has 1 aliphatic rings. The molecule has 4 rings (SSSR count). The van der Waals surface area contributed by atoms with Crippen LogP contribution >= 0.6 is 0 Å². The number of hydrogen-bond acceptors (Lipinski definition) is 3. The fourth-order valence-electron chi connectivity index (χ4n) is 3.51. The first-order valence-corrected chi connectivity index (χ1v) is 9.07. The number of carbonyl (C=O) groups excluding carboxylic acids is 2. The molecule has 0 saturated carbocycles. The Morgan fingerprint density at radius 2 is 1.81 bits per heavy atom. The normalized spacial score (nSPS) is 17.8. The van der Waals surface area contributed by atoms with Gasteiger partial charge in [-0.3, -0.25) is 9.59 Å². The van der Waals surface area contributed by atoms with Gasteiger partial charge in [-0.2, -0.15) is 0 Å². The Labute approximate surface area is 158 Å². The Balaban J connectivity index is 1.50. The largest absolute Gasteiger partial charge is 0.327 e. The van der Waals surface area contributed by atoms with Crippen LogP contribution in [0.2, 0.25) is 0 Å². The minimum absolute atomic E-state index is 0.0296. The van der Waals surface area contributed by atoms with Gasteiger partial charge in [0, 0.05) is 18.9 Å². The van der Waals surface area contributed by atoms with Gasteiger partial charge >= 0.3 is 0 Å². The minimum Gasteiger partial charge on any atom is -0.327 e. The number of nitrogens with zero attached hydrogens (tertiary/aromatic N) is 4. The zero-order chi connectivity index (χ0) is 19.0. The summed E-state index contributed by atoms with van der Waals surface area (Å²) < 4.78 is 1.95. The van der Waals surface area contributed by atoms with E-state index in [0.717, 1.165) is 22.5 Å². The Hall–Kier alpha value is -3.15. The first-order valence-electron chi connectivity index (χ1n) is 9.07. The molecule has 3 heterocycles. The van der Waals surface area contributed by atoms with Gasteiger partial charge in [-0.1, -0.05) is 36.4 Å². The second-order valence-corrected chi connectivity index (χ2v) is 7.08. The van der Waals surface area contributed by atoms with Gasteiger partial charge in [0.05, 0.1) is 12.2 Å². The van der Waals surface area contributed by atoms with Crippen LogP contribution in [0.5, 0.6) is 0 Å². The van der Waals surface area contributed by atoms with Crippen molar-refractivity contribution in [3.8, 4) is 0 Å². The third kappa shape index (κ3) is 3.43. The van der Waals surface area contributed by atoms with Gasteiger partial charge in [-0.15, -0.1) is 0 Å². The molecular formula is C21H22N4O2. The summed E-state index contributed by atoms with van der Waals surface area (Å²) in [5.74, 6) is -0.0793. The Morgan fingerprint density at radius 3 is 2.59 bits per heavy atom. The van der Waals surface area contributed by atoms with E-state index in [1.54, 1.807) is 16.7 Å². The van der Waals surface area contributed by atoms with Crippen molar-refractivity contribution < 1.29 is 9.59 Å². The lowest BCUT2D eigenvalue weighted by atomic mass is 10.1. The van der Waals surface area contributed by atoms with Gasteiger partial charge < -0.3 is 14.2 Å². The lowest BCUT2D eigenvalue weighted by Crippen LogP contribution is -2.58. The summed E-state index contributed by atoms with van der Waals surface area (Å²) in [5.41, 5.74) is 3.78. The molecule has 2 aromatic heterocycles. The highest BCUT2D eigenvalue weighted by Crippen LogP contribution is 2.18.